The smallest absolute Gasteiger partial charge is 0.152 e. The second-order valence-corrected chi connectivity index (χ2v) is 10.9. The standard InChI is InChI=1S/C28H33BrN4O/c29-23-8-10-25(11-9-23)32-15-13-31(14-16-32)18-21-17-22-19-33(24-5-2-1-3-6-24)20-34-28(22)27-26(21)7-4-12-30-27/h4,7-12,17,24H,1-3,5-6,13-16,18-20H2. The van der Waals surface area contributed by atoms with Crippen molar-refractivity contribution in [2.75, 3.05) is 37.8 Å². The Hall–Kier alpha value is -2.15. The summed E-state index contributed by atoms with van der Waals surface area (Å²) in [6, 6.07) is 16.0. The molecule has 6 rings (SSSR count). The Morgan fingerprint density at radius 1 is 0.971 bits per heavy atom. The number of halogens is 1. The van der Waals surface area contributed by atoms with Gasteiger partial charge in [0.05, 0.1) is 0 Å². The molecule has 1 aromatic heterocycles. The molecule has 0 atom stereocenters. The predicted octanol–water partition coefficient (Wildman–Crippen LogP) is 5.80. The fourth-order valence-electron chi connectivity index (χ4n) is 5.91. The van der Waals surface area contributed by atoms with E-state index in [1.807, 2.05) is 6.20 Å². The van der Waals surface area contributed by atoms with Gasteiger partial charge in [0.2, 0.25) is 0 Å². The van der Waals surface area contributed by atoms with Crippen molar-refractivity contribution in [1.29, 1.82) is 0 Å². The Morgan fingerprint density at radius 2 is 1.76 bits per heavy atom. The van der Waals surface area contributed by atoms with E-state index >= 15 is 0 Å². The molecule has 2 aliphatic heterocycles. The van der Waals surface area contributed by atoms with Crippen LogP contribution in [0, 0.1) is 0 Å². The SMILES string of the molecule is Brc1ccc(N2CCN(Cc3cc4c(c5ncccc35)OCN(C3CCCCC3)C4)CC2)cc1. The largest absolute Gasteiger partial charge is 0.475 e. The van der Waals surface area contributed by atoms with E-state index in [-0.39, 0.29) is 0 Å². The Labute approximate surface area is 210 Å². The summed E-state index contributed by atoms with van der Waals surface area (Å²) in [5.41, 5.74) is 5.04. The lowest BCUT2D eigenvalue weighted by molar-refractivity contribution is 0.0413. The molecule has 0 bridgehead atoms. The van der Waals surface area contributed by atoms with E-state index in [4.69, 9.17) is 9.72 Å². The zero-order valence-corrected chi connectivity index (χ0v) is 21.3. The van der Waals surface area contributed by atoms with Crippen LogP contribution in [0.15, 0.2) is 53.1 Å². The zero-order valence-electron chi connectivity index (χ0n) is 19.8. The second-order valence-electron chi connectivity index (χ2n) is 9.98. The average molecular weight is 522 g/mol. The van der Waals surface area contributed by atoms with Crippen molar-refractivity contribution >= 4 is 32.5 Å². The summed E-state index contributed by atoms with van der Waals surface area (Å²) in [5, 5.41) is 1.24. The van der Waals surface area contributed by atoms with Gasteiger partial charge in [0, 0.05) is 72.6 Å². The van der Waals surface area contributed by atoms with Gasteiger partial charge in [-0.25, -0.2) is 0 Å². The van der Waals surface area contributed by atoms with Crippen molar-refractivity contribution in [3.8, 4) is 5.75 Å². The van der Waals surface area contributed by atoms with Crippen molar-refractivity contribution in [1.82, 2.24) is 14.8 Å². The third kappa shape index (κ3) is 4.56. The van der Waals surface area contributed by atoms with E-state index < -0.39 is 0 Å². The number of rotatable bonds is 4. The maximum atomic E-state index is 6.36. The lowest BCUT2D eigenvalue weighted by Gasteiger charge is -2.38. The maximum absolute atomic E-state index is 6.36. The van der Waals surface area contributed by atoms with Crippen molar-refractivity contribution in [3.63, 3.8) is 0 Å². The van der Waals surface area contributed by atoms with Gasteiger partial charge in [0.25, 0.3) is 0 Å². The number of hydrogen-bond donors (Lipinski definition) is 0. The number of aromatic nitrogens is 1. The van der Waals surface area contributed by atoms with Gasteiger partial charge in [-0.3, -0.25) is 14.8 Å². The molecule has 34 heavy (non-hydrogen) atoms. The van der Waals surface area contributed by atoms with Crippen LogP contribution in [0.4, 0.5) is 5.69 Å². The molecule has 1 saturated carbocycles. The number of nitrogens with zero attached hydrogens (tertiary/aromatic N) is 4. The van der Waals surface area contributed by atoms with Crippen molar-refractivity contribution in [2.24, 2.45) is 0 Å². The van der Waals surface area contributed by atoms with Gasteiger partial charge >= 0.3 is 0 Å². The first-order chi connectivity index (χ1) is 16.7. The molecular formula is C28H33BrN4O. The van der Waals surface area contributed by atoms with Crippen LogP contribution >= 0.6 is 15.9 Å². The molecule has 5 nitrogen and oxygen atoms in total. The summed E-state index contributed by atoms with van der Waals surface area (Å²) >= 11 is 3.54. The summed E-state index contributed by atoms with van der Waals surface area (Å²) in [5.74, 6) is 1.01. The lowest BCUT2D eigenvalue weighted by Crippen LogP contribution is -2.46. The van der Waals surface area contributed by atoms with Crippen LogP contribution in [0.5, 0.6) is 5.75 Å². The topological polar surface area (TPSA) is 31.8 Å². The van der Waals surface area contributed by atoms with Crippen molar-refractivity contribution < 1.29 is 4.74 Å². The summed E-state index contributed by atoms with van der Waals surface area (Å²) in [6.07, 6.45) is 8.60. The van der Waals surface area contributed by atoms with Crippen molar-refractivity contribution in [2.45, 2.75) is 51.2 Å². The summed E-state index contributed by atoms with van der Waals surface area (Å²) in [7, 11) is 0. The van der Waals surface area contributed by atoms with Gasteiger partial charge in [-0.1, -0.05) is 41.3 Å². The molecule has 3 aromatic rings. The third-order valence-electron chi connectivity index (χ3n) is 7.81. The van der Waals surface area contributed by atoms with Gasteiger partial charge in [0.1, 0.15) is 12.2 Å². The molecule has 0 N–H and O–H groups in total. The second kappa shape index (κ2) is 9.84. The highest BCUT2D eigenvalue weighted by atomic mass is 79.9. The first kappa shape index (κ1) is 22.3. The quantitative estimate of drug-likeness (QED) is 0.433. The molecule has 0 radical (unpaired) electrons. The van der Waals surface area contributed by atoms with Gasteiger partial charge < -0.3 is 9.64 Å². The lowest BCUT2D eigenvalue weighted by atomic mass is 9.93. The molecule has 2 fully saturated rings. The molecule has 2 aromatic carbocycles. The molecule has 1 aliphatic carbocycles. The Balaban J connectivity index is 1.20. The van der Waals surface area contributed by atoms with E-state index in [1.165, 1.54) is 54.3 Å². The Bertz CT molecular complexity index is 1140. The fraction of sp³-hybridized carbons (Fsp3) is 0.464. The predicted molar refractivity (Wildman–Crippen MR) is 141 cm³/mol. The summed E-state index contributed by atoms with van der Waals surface area (Å²) in [6.45, 7) is 6.90. The normalized spacial score (nSPS) is 20.3. The Kier molecular flexibility index (Phi) is 6.46. The molecule has 6 heteroatoms. The highest BCUT2D eigenvalue weighted by Crippen LogP contribution is 2.37. The molecule has 1 saturated heterocycles. The van der Waals surface area contributed by atoms with E-state index in [9.17, 15) is 0 Å². The molecule has 0 amide bonds. The minimum Gasteiger partial charge on any atom is -0.475 e. The minimum atomic E-state index is 0.663. The van der Waals surface area contributed by atoms with Crippen LogP contribution in [0.3, 0.4) is 0 Å². The van der Waals surface area contributed by atoms with Crippen LogP contribution in [0.25, 0.3) is 10.9 Å². The number of ether oxygens (including phenoxy) is 1. The molecule has 178 valence electrons. The highest BCUT2D eigenvalue weighted by molar-refractivity contribution is 9.10. The Morgan fingerprint density at radius 3 is 2.56 bits per heavy atom. The highest BCUT2D eigenvalue weighted by Gasteiger charge is 2.28. The number of anilines is 1. The molecule has 0 unspecified atom stereocenters. The van der Waals surface area contributed by atoms with E-state index in [1.54, 1.807) is 0 Å². The van der Waals surface area contributed by atoms with Crippen LogP contribution in [0.2, 0.25) is 0 Å². The van der Waals surface area contributed by atoms with Crippen LogP contribution in [-0.2, 0) is 13.1 Å². The van der Waals surface area contributed by atoms with Gasteiger partial charge in [-0.05, 0) is 54.8 Å². The number of pyridine rings is 1. The first-order valence-corrected chi connectivity index (χ1v) is 13.5. The van der Waals surface area contributed by atoms with Crippen LogP contribution in [0.1, 0.15) is 43.2 Å². The zero-order chi connectivity index (χ0) is 22.9. The minimum absolute atomic E-state index is 0.663. The van der Waals surface area contributed by atoms with Crippen molar-refractivity contribution in [3.05, 3.63) is 64.3 Å². The average Bonchev–Trinajstić information content (AvgIpc) is 2.90. The third-order valence-corrected chi connectivity index (χ3v) is 8.33. The molecule has 0 spiro atoms. The maximum Gasteiger partial charge on any atom is 0.152 e. The molecular weight excluding hydrogens is 488 g/mol. The van der Waals surface area contributed by atoms with Crippen LogP contribution in [-0.4, -0.2) is 53.7 Å². The van der Waals surface area contributed by atoms with Gasteiger partial charge in [-0.2, -0.15) is 0 Å². The number of benzene rings is 2. The number of fused-ring (bicyclic) bond motifs is 3. The number of piperazine rings is 1. The molecule has 3 heterocycles. The first-order valence-electron chi connectivity index (χ1n) is 12.7. The van der Waals surface area contributed by atoms with Gasteiger partial charge in [0.15, 0.2) is 5.75 Å². The summed E-state index contributed by atoms with van der Waals surface area (Å²) in [4.78, 5) is 12.4. The van der Waals surface area contributed by atoms with E-state index in [2.05, 4.69) is 73.1 Å². The van der Waals surface area contributed by atoms with Crippen LogP contribution < -0.4 is 9.64 Å². The van der Waals surface area contributed by atoms with E-state index in [0.29, 0.717) is 12.8 Å². The van der Waals surface area contributed by atoms with E-state index in [0.717, 1.165) is 55.0 Å². The van der Waals surface area contributed by atoms with Gasteiger partial charge in [-0.15, -0.1) is 0 Å². The number of hydrogen-bond acceptors (Lipinski definition) is 5. The monoisotopic (exact) mass is 520 g/mol. The molecule has 3 aliphatic rings. The fourth-order valence-corrected chi connectivity index (χ4v) is 6.17. The summed E-state index contributed by atoms with van der Waals surface area (Å²) < 4.78 is 7.49.